The van der Waals surface area contributed by atoms with Crippen molar-refractivity contribution in [3.8, 4) is 5.75 Å². The van der Waals surface area contributed by atoms with Crippen LogP contribution < -0.4 is 26.4 Å². The standard InChI is InChI=1S/C21H21N7O6/c1-9(29)15(19(22)31)28-20(32)11-6-23-17-16(11)25-8-26-18(17)21(33)24-5-10-2-3-13-12(4-10)27-14(30)7-34-13/h2-4,6,8-9,15,23,29H,5,7H2,1H3,(H2,22,31)(H,24,33)(H,27,30)(H,28,32)/t9-,15+/m1/s1. The number of nitrogens with two attached hydrogens (primary N) is 1. The summed E-state index contributed by atoms with van der Waals surface area (Å²) < 4.78 is 5.31. The van der Waals surface area contributed by atoms with Crippen molar-refractivity contribution >= 4 is 40.3 Å². The number of hydrogen-bond donors (Lipinski definition) is 6. The number of aliphatic hydroxyl groups excluding tert-OH is 1. The van der Waals surface area contributed by atoms with E-state index in [1.54, 1.807) is 18.2 Å². The van der Waals surface area contributed by atoms with Crippen LogP contribution in [0.5, 0.6) is 5.75 Å². The molecular formula is C21H21N7O6. The van der Waals surface area contributed by atoms with Crippen molar-refractivity contribution in [2.45, 2.75) is 25.6 Å². The number of carbonyl (C=O) groups excluding carboxylic acids is 4. The molecule has 34 heavy (non-hydrogen) atoms. The van der Waals surface area contributed by atoms with Crippen LogP contribution in [-0.4, -0.2) is 62.4 Å². The van der Waals surface area contributed by atoms with Gasteiger partial charge < -0.3 is 36.5 Å². The van der Waals surface area contributed by atoms with Gasteiger partial charge in [0.15, 0.2) is 12.3 Å². The fraction of sp³-hybridized carbons (Fsp3) is 0.238. The summed E-state index contributed by atoms with van der Waals surface area (Å²) in [7, 11) is 0. The smallest absolute Gasteiger partial charge is 0.272 e. The van der Waals surface area contributed by atoms with E-state index in [0.717, 1.165) is 6.33 Å². The van der Waals surface area contributed by atoms with Gasteiger partial charge in [-0.1, -0.05) is 6.07 Å². The van der Waals surface area contributed by atoms with Crippen LogP contribution in [0, 0.1) is 0 Å². The number of fused-ring (bicyclic) bond motifs is 2. The molecule has 0 radical (unpaired) electrons. The molecule has 0 saturated heterocycles. The van der Waals surface area contributed by atoms with E-state index in [-0.39, 0.29) is 41.3 Å². The molecule has 0 aliphatic carbocycles. The first-order valence-electron chi connectivity index (χ1n) is 10.2. The average Bonchev–Trinajstić information content (AvgIpc) is 3.24. The SMILES string of the molecule is C[C@@H](O)[C@H](NC(=O)c1c[nH]c2c(C(=O)NCc3ccc4c(c3)NC(=O)CO4)ncnc12)C(N)=O. The average molecular weight is 467 g/mol. The summed E-state index contributed by atoms with van der Waals surface area (Å²) in [5.74, 6) is -1.86. The summed E-state index contributed by atoms with van der Waals surface area (Å²) in [4.78, 5) is 59.3. The van der Waals surface area contributed by atoms with Crippen LogP contribution in [0.15, 0.2) is 30.7 Å². The zero-order valence-corrected chi connectivity index (χ0v) is 17.9. The molecular weight excluding hydrogens is 446 g/mol. The van der Waals surface area contributed by atoms with Gasteiger partial charge in [0.1, 0.15) is 23.6 Å². The predicted molar refractivity (Wildman–Crippen MR) is 118 cm³/mol. The summed E-state index contributed by atoms with van der Waals surface area (Å²) >= 11 is 0. The molecule has 4 amide bonds. The van der Waals surface area contributed by atoms with Crippen molar-refractivity contribution < 1.29 is 29.0 Å². The van der Waals surface area contributed by atoms with E-state index < -0.39 is 29.9 Å². The molecule has 0 unspecified atom stereocenters. The number of ether oxygens (including phenoxy) is 1. The summed E-state index contributed by atoms with van der Waals surface area (Å²) in [5.41, 5.74) is 6.85. The van der Waals surface area contributed by atoms with Crippen molar-refractivity contribution in [2.24, 2.45) is 5.73 Å². The Kier molecular flexibility index (Phi) is 6.10. The predicted octanol–water partition coefficient (Wildman–Crippen LogP) is -0.817. The molecule has 3 aromatic rings. The quantitative estimate of drug-likeness (QED) is 0.259. The number of benzene rings is 1. The number of nitrogens with zero attached hydrogens (tertiary/aromatic N) is 2. The number of hydrogen-bond acceptors (Lipinski definition) is 8. The Morgan fingerprint density at radius 3 is 2.79 bits per heavy atom. The van der Waals surface area contributed by atoms with Gasteiger partial charge >= 0.3 is 0 Å². The minimum absolute atomic E-state index is 0.000577. The monoisotopic (exact) mass is 467 g/mol. The van der Waals surface area contributed by atoms with Crippen LogP contribution in [0.2, 0.25) is 0 Å². The van der Waals surface area contributed by atoms with Crippen LogP contribution >= 0.6 is 0 Å². The van der Waals surface area contributed by atoms with E-state index in [0.29, 0.717) is 17.0 Å². The van der Waals surface area contributed by atoms with Crippen molar-refractivity contribution in [3.05, 3.63) is 47.5 Å². The molecule has 1 aliphatic heterocycles. The lowest BCUT2D eigenvalue weighted by molar-refractivity contribution is -0.122. The zero-order chi connectivity index (χ0) is 24.4. The molecule has 13 nitrogen and oxygen atoms in total. The van der Waals surface area contributed by atoms with Gasteiger partial charge in [0.2, 0.25) is 5.91 Å². The maximum Gasteiger partial charge on any atom is 0.272 e. The number of H-pyrrole nitrogens is 1. The second-order valence-corrected chi connectivity index (χ2v) is 7.59. The van der Waals surface area contributed by atoms with Crippen molar-refractivity contribution in [1.82, 2.24) is 25.6 Å². The van der Waals surface area contributed by atoms with Crippen molar-refractivity contribution in [3.63, 3.8) is 0 Å². The molecule has 176 valence electrons. The second-order valence-electron chi connectivity index (χ2n) is 7.59. The molecule has 7 N–H and O–H groups in total. The highest BCUT2D eigenvalue weighted by molar-refractivity contribution is 6.11. The molecule has 0 saturated carbocycles. The third-order valence-electron chi connectivity index (χ3n) is 5.13. The second kappa shape index (κ2) is 9.15. The summed E-state index contributed by atoms with van der Waals surface area (Å²) in [6, 6.07) is 3.84. The van der Waals surface area contributed by atoms with Gasteiger partial charge in [-0.25, -0.2) is 9.97 Å². The number of anilines is 1. The number of aromatic nitrogens is 3. The molecule has 2 atom stereocenters. The number of aromatic amines is 1. The van der Waals surface area contributed by atoms with Gasteiger partial charge in [0.25, 0.3) is 17.7 Å². The highest BCUT2D eigenvalue weighted by Crippen LogP contribution is 2.28. The molecule has 3 heterocycles. The van der Waals surface area contributed by atoms with Crippen LogP contribution in [0.4, 0.5) is 5.69 Å². The fourth-order valence-corrected chi connectivity index (χ4v) is 3.44. The first-order chi connectivity index (χ1) is 16.2. The van der Waals surface area contributed by atoms with E-state index in [1.807, 2.05) is 0 Å². The number of primary amides is 1. The Hall–Kier alpha value is -4.52. The topological polar surface area (TPSA) is 201 Å². The number of amides is 4. The Balaban J connectivity index is 1.50. The van der Waals surface area contributed by atoms with Gasteiger partial charge in [-0.3, -0.25) is 19.2 Å². The van der Waals surface area contributed by atoms with Crippen molar-refractivity contribution in [2.75, 3.05) is 11.9 Å². The lowest BCUT2D eigenvalue weighted by atomic mass is 10.1. The van der Waals surface area contributed by atoms with Crippen LogP contribution in [-0.2, 0) is 16.1 Å². The Morgan fingerprint density at radius 1 is 1.26 bits per heavy atom. The summed E-state index contributed by atoms with van der Waals surface area (Å²) in [5, 5.41) is 17.4. The Bertz CT molecular complexity index is 1300. The van der Waals surface area contributed by atoms with Crippen LogP contribution in [0.25, 0.3) is 11.0 Å². The first kappa shape index (κ1) is 22.7. The van der Waals surface area contributed by atoms with E-state index in [2.05, 4.69) is 30.9 Å². The number of aliphatic hydroxyl groups is 1. The van der Waals surface area contributed by atoms with E-state index in [4.69, 9.17) is 10.5 Å². The highest BCUT2D eigenvalue weighted by Gasteiger charge is 2.26. The molecule has 1 aliphatic rings. The number of rotatable bonds is 7. The lowest BCUT2D eigenvalue weighted by Gasteiger charge is -2.18. The maximum atomic E-state index is 12.8. The Labute approximate surface area is 192 Å². The third kappa shape index (κ3) is 4.49. The third-order valence-corrected chi connectivity index (χ3v) is 5.13. The maximum absolute atomic E-state index is 12.8. The Morgan fingerprint density at radius 2 is 2.06 bits per heavy atom. The summed E-state index contributed by atoms with van der Waals surface area (Å²) in [6.45, 7) is 1.40. The normalized spacial score (nSPS) is 14.4. The van der Waals surface area contributed by atoms with Gasteiger partial charge in [0.05, 0.1) is 22.9 Å². The molecule has 1 aromatic carbocycles. The fourth-order valence-electron chi connectivity index (χ4n) is 3.44. The van der Waals surface area contributed by atoms with Crippen molar-refractivity contribution in [1.29, 1.82) is 0 Å². The molecule has 0 bridgehead atoms. The number of nitrogens with one attached hydrogen (secondary N) is 4. The molecule has 2 aromatic heterocycles. The lowest BCUT2D eigenvalue weighted by Crippen LogP contribution is -2.50. The van der Waals surface area contributed by atoms with E-state index in [1.165, 1.54) is 13.1 Å². The van der Waals surface area contributed by atoms with E-state index in [9.17, 15) is 24.3 Å². The van der Waals surface area contributed by atoms with Crippen LogP contribution in [0.3, 0.4) is 0 Å². The highest BCUT2D eigenvalue weighted by atomic mass is 16.5. The van der Waals surface area contributed by atoms with Gasteiger partial charge in [-0.2, -0.15) is 0 Å². The van der Waals surface area contributed by atoms with Gasteiger partial charge in [-0.15, -0.1) is 0 Å². The molecule has 13 heteroatoms. The molecule has 4 rings (SSSR count). The summed E-state index contributed by atoms with van der Waals surface area (Å²) in [6.07, 6.45) is 1.25. The number of carbonyl (C=O) groups is 4. The first-order valence-corrected chi connectivity index (χ1v) is 10.2. The van der Waals surface area contributed by atoms with Gasteiger partial charge in [0, 0.05) is 12.7 Å². The minimum Gasteiger partial charge on any atom is -0.482 e. The van der Waals surface area contributed by atoms with Crippen LogP contribution in [0.1, 0.15) is 33.3 Å². The largest absolute Gasteiger partial charge is 0.482 e. The zero-order valence-electron chi connectivity index (χ0n) is 17.9. The van der Waals surface area contributed by atoms with E-state index >= 15 is 0 Å². The molecule has 0 fully saturated rings. The molecule has 0 spiro atoms. The van der Waals surface area contributed by atoms with Gasteiger partial charge in [-0.05, 0) is 24.6 Å². The minimum atomic E-state index is -1.30.